The van der Waals surface area contributed by atoms with Gasteiger partial charge < -0.3 is 9.47 Å². The second kappa shape index (κ2) is 11.1. The Morgan fingerprint density at radius 1 is 0.365 bits per heavy atom. The Morgan fingerprint density at radius 2 is 0.981 bits per heavy atom. The lowest BCUT2D eigenvalue weighted by molar-refractivity contribution is 1.18. The van der Waals surface area contributed by atoms with Gasteiger partial charge in [0.15, 0.2) is 0 Å². The molecular formula is C50H32N2. The standard InChI is InChI=1S/C50H32N2/c1-32-39-15-6-7-17-41(39)43-26-24-37(30-46(32)43)51(50-29-35-14-4-5-16-40(35)42-18-8-9-19-44(42)50)38-25-27-49-47(31-38)45-20-10-11-21-48(45)52(49)36-23-22-33-12-2-3-13-34(33)28-36/h2-31H,1H2. The quantitative estimate of drug-likeness (QED) is 0.171. The maximum atomic E-state index is 4.58. The van der Waals surface area contributed by atoms with Gasteiger partial charge >= 0.3 is 0 Å². The summed E-state index contributed by atoms with van der Waals surface area (Å²) in [6.07, 6.45) is 0. The predicted octanol–water partition coefficient (Wildman–Crippen LogP) is 13.8. The smallest absolute Gasteiger partial charge is 0.0546 e. The van der Waals surface area contributed by atoms with Gasteiger partial charge in [0.25, 0.3) is 0 Å². The molecule has 0 bridgehead atoms. The van der Waals surface area contributed by atoms with Crippen molar-refractivity contribution in [2.45, 2.75) is 0 Å². The Morgan fingerprint density at radius 3 is 1.85 bits per heavy atom. The molecule has 10 aromatic rings. The van der Waals surface area contributed by atoms with Crippen molar-refractivity contribution in [3.8, 4) is 16.8 Å². The van der Waals surface area contributed by atoms with E-state index in [2.05, 4.69) is 198 Å². The molecule has 1 aliphatic carbocycles. The number of anilines is 3. The van der Waals surface area contributed by atoms with E-state index < -0.39 is 0 Å². The number of aromatic nitrogens is 1. The first kappa shape index (κ1) is 28.9. The van der Waals surface area contributed by atoms with E-state index in [0.29, 0.717) is 0 Å². The SMILES string of the molecule is C=C1c2ccccc2-c2ccc(N(c3ccc4c(c3)c3ccccc3n4-c3ccc4ccccc4c3)c3cc4ccccc4c4ccccc34)cc21. The molecule has 9 aromatic carbocycles. The van der Waals surface area contributed by atoms with Gasteiger partial charge in [-0.05, 0) is 109 Å². The van der Waals surface area contributed by atoms with E-state index >= 15 is 0 Å². The zero-order chi connectivity index (χ0) is 34.3. The van der Waals surface area contributed by atoms with E-state index in [1.165, 1.54) is 76.4 Å². The lowest BCUT2D eigenvalue weighted by Gasteiger charge is -2.28. The second-order valence-corrected chi connectivity index (χ2v) is 13.8. The van der Waals surface area contributed by atoms with Crippen LogP contribution in [0.4, 0.5) is 17.1 Å². The minimum absolute atomic E-state index is 1.07. The van der Waals surface area contributed by atoms with Crippen molar-refractivity contribution in [1.82, 2.24) is 4.57 Å². The van der Waals surface area contributed by atoms with Crippen LogP contribution in [-0.2, 0) is 0 Å². The van der Waals surface area contributed by atoms with Gasteiger partial charge in [-0.1, -0.05) is 134 Å². The van der Waals surface area contributed by atoms with Crippen molar-refractivity contribution >= 4 is 76.8 Å². The van der Waals surface area contributed by atoms with Crippen LogP contribution in [0, 0.1) is 0 Å². The van der Waals surface area contributed by atoms with E-state index in [1.807, 2.05) is 0 Å². The summed E-state index contributed by atoms with van der Waals surface area (Å²) >= 11 is 0. The Bertz CT molecular complexity index is 3110. The van der Waals surface area contributed by atoms with Crippen LogP contribution >= 0.6 is 0 Å². The Balaban J connectivity index is 1.18. The third-order valence-electron chi connectivity index (χ3n) is 11.0. The van der Waals surface area contributed by atoms with Gasteiger partial charge in [0.2, 0.25) is 0 Å². The number of hydrogen-bond donors (Lipinski definition) is 0. The molecule has 0 fully saturated rings. The van der Waals surface area contributed by atoms with E-state index in [9.17, 15) is 0 Å². The molecule has 0 unspecified atom stereocenters. The molecule has 0 amide bonds. The topological polar surface area (TPSA) is 8.17 Å². The van der Waals surface area contributed by atoms with Gasteiger partial charge in [0.05, 0.1) is 16.7 Å². The molecule has 0 radical (unpaired) electrons. The minimum Gasteiger partial charge on any atom is -0.310 e. The minimum atomic E-state index is 1.07. The lowest BCUT2D eigenvalue weighted by atomic mass is 9.98. The molecule has 0 saturated heterocycles. The highest BCUT2D eigenvalue weighted by molar-refractivity contribution is 6.16. The summed E-state index contributed by atoms with van der Waals surface area (Å²) in [5, 5.41) is 9.85. The highest BCUT2D eigenvalue weighted by atomic mass is 15.1. The van der Waals surface area contributed by atoms with Gasteiger partial charge in [-0.3, -0.25) is 0 Å². The molecular weight excluding hydrogens is 629 g/mol. The van der Waals surface area contributed by atoms with Gasteiger partial charge in [0.1, 0.15) is 0 Å². The molecule has 1 aliphatic rings. The number of para-hydroxylation sites is 1. The van der Waals surface area contributed by atoms with Gasteiger partial charge in [-0.25, -0.2) is 0 Å². The monoisotopic (exact) mass is 660 g/mol. The molecule has 11 rings (SSSR count). The molecule has 1 heterocycles. The third kappa shape index (κ3) is 4.19. The number of hydrogen-bond acceptors (Lipinski definition) is 1. The Kier molecular flexibility index (Phi) is 6.14. The zero-order valence-electron chi connectivity index (χ0n) is 28.4. The summed E-state index contributed by atoms with van der Waals surface area (Å²) in [6, 6.07) is 66.5. The van der Waals surface area contributed by atoms with E-state index in [-0.39, 0.29) is 0 Å². The molecule has 0 aliphatic heterocycles. The average Bonchev–Trinajstić information content (AvgIpc) is 3.69. The van der Waals surface area contributed by atoms with Crippen LogP contribution in [0.2, 0.25) is 0 Å². The van der Waals surface area contributed by atoms with Crippen molar-refractivity contribution in [3.63, 3.8) is 0 Å². The molecule has 0 N–H and O–H groups in total. The van der Waals surface area contributed by atoms with E-state index in [4.69, 9.17) is 0 Å². The largest absolute Gasteiger partial charge is 0.310 e. The molecule has 0 saturated carbocycles. The normalized spacial score (nSPS) is 12.3. The third-order valence-corrected chi connectivity index (χ3v) is 11.0. The fourth-order valence-electron chi connectivity index (χ4n) is 8.62. The maximum absolute atomic E-state index is 4.58. The van der Waals surface area contributed by atoms with Gasteiger partial charge in [-0.15, -0.1) is 0 Å². The van der Waals surface area contributed by atoms with Gasteiger partial charge in [0, 0.05) is 33.2 Å². The van der Waals surface area contributed by atoms with Crippen LogP contribution in [0.3, 0.4) is 0 Å². The van der Waals surface area contributed by atoms with Crippen molar-refractivity contribution in [2.24, 2.45) is 0 Å². The van der Waals surface area contributed by atoms with E-state index in [0.717, 1.165) is 28.3 Å². The summed E-state index contributed by atoms with van der Waals surface area (Å²) in [7, 11) is 0. The van der Waals surface area contributed by atoms with Crippen molar-refractivity contribution < 1.29 is 0 Å². The van der Waals surface area contributed by atoms with Crippen LogP contribution in [-0.4, -0.2) is 4.57 Å². The first-order valence-electron chi connectivity index (χ1n) is 17.9. The lowest BCUT2D eigenvalue weighted by Crippen LogP contribution is -2.11. The van der Waals surface area contributed by atoms with Crippen LogP contribution < -0.4 is 4.90 Å². The van der Waals surface area contributed by atoms with Crippen molar-refractivity contribution in [1.29, 1.82) is 0 Å². The number of benzene rings is 9. The highest BCUT2D eigenvalue weighted by Crippen LogP contribution is 2.48. The van der Waals surface area contributed by atoms with E-state index in [1.54, 1.807) is 0 Å². The molecule has 2 heteroatoms. The first-order chi connectivity index (χ1) is 25.7. The molecule has 0 atom stereocenters. The number of rotatable bonds is 4. The summed E-state index contributed by atoms with van der Waals surface area (Å²) in [6.45, 7) is 4.58. The Hall–Kier alpha value is -6.90. The van der Waals surface area contributed by atoms with Crippen LogP contribution in [0.1, 0.15) is 11.1 Å². The molecule has 1 aromatic heterocycles. The summed E-state index contributed by atoms with van der Waals surface area (Å²) in [5.74, 6) is 0. The summed E-state index contributed by atoms with van der Waals surface area (Å²) in [4.78, 5) is 2.45. The molecule has 2 nitrogen and oxygen atoms in total. The maximum Gasteiger partial charge on any atom is 0.0546 e. The van der Waals surface area contributed by atoms with Crippen LogP contribution in [0.5, 0.6) is 0 Å². The highest BCUT2D eigenvalue weighted by Gasteiger charge is 2.25. The fourth-order valence-corrected chi connectivity index (χ4v) is 8.62. The fraction of sp³-hybridized carbons (Fsp3) is 0. The summed E-state index contributed by atoms with van der Waals surface area (Å²) in [5.41, 5.74) is 12.8. The van der Waals surface area contributed by atoms with Crippen LogP contribution in [0.15, 0.2) is 189 Å². The second-order valence-electron chi connectivity index (χ2n) is 13.8. The first-order valence-corrected chi connectivity index (χ1v) is 17.9. The summed E-state index contributed by atoms with van der Waals surface area (Å²) < 4.78 is 2.41. The van der Waals surface area contributed by atoms with Crippen LogP contribution in [0.25, 0.3) is 76.5 Å². The number of fused-ring (bicyclic) bond motifs is 10. The molecule has 242 valence electrons. The predicted molar refractivity (Wildman–Crippen MR) is 222 cm³/mol. The average molecular weight is 661 g/mol. The van der Waals surface area contributed by atoms with Crippen molar-refractivity contribution in [2.75, 3.05) is 4.90 Å². The van der Waals surface area contributed by atoms with Gasteiger partial charge in [-0.2, -0.15) is 0 Å². The number of nitrogens with zero attached hydrogens (tertiary/aromatic N) is 2. The molecule has 52 heavy (non-hydrogen) atoms. The molecule has 0 spiro atoms. The zero-order valence-corrected chi connectivity index (χ0v) is 28.4. The van der Waals surface area contributed by atoms with Crippen molar-refractivity contribution in [3.05, 3.63) is 200 Å². The Labute approximate surface area is 301 Å².